The summed E-state index contributed by atoms with van der Waals surface area (Å²) in [7, 11) is 3.28. The fourth-order valence-corrected chi connectivity index (χ4v) is 4.81. The highest BCUT2D eigenvalue weighted by atomic mass is 32.1. The number of likely N-dealkylation sites (tertiary alicyclic amines) is 1. The molecule has 0 bridgehead atoms. The molecule has 1 aliphatic carbocycles. The van der Waals surface area contributed by atoms with Gasteiger partial charge in [-0.15, -0.1) is 11.3 Å². The van der Waals surface area contributed by atoms with Crippen LogP contribution in [0.15, 0.2) is 35.7 Å². The third-order valence-corrected chi connectivity index (χ3v) is 6.75. The Kier molecular flexibility index (Phi) is 6.27. The lowest BCUT2D eigenvalue weighted by Gasteiger charge is -2.35. The topological polar surface area (TPSA) is 59.1 Å². The van der Waals surface area contributed by atoms with E-state index < -0.39 is 0 Å². The van der Waals surface area contributed by atoms with Crippen molar-refractivity contribution in [1.82, 2.24) is 9.80 Å². The minimum Gasteiger partial charge on any atom is -0.497 e. The van der Waals surface area contributed by atoms with Gasteiger partial charge in [0.1, 0.15) is 11.5 Å². The van der Waals surface area contributed by atoms with Crippen LogP contribution >= 0.6 is 11.3 Å². The van der Waals surface area contributed by atoms with Crippen LogP contribution in [0.3, 0.4) is 0 Å². The van der Waals surface area contributed by atoms with Gasteiger partial charge in [0.2, 0.25) is 5.91 Å². The predicted octanol–water partition coefficient (Wildman–Crippen LogP) is 3.81. The van der Waals surface area contributed by atoms with Gasteiger partial charge in [-0.2, -0.15) is 0 Å². The molecule has 0 radical (unpaired) electrons. The van der Waals surface area contributed by atoms with Crippen LogP contribution in [0.5, 0.6) is 11.5 Å². The second kappa shape index (κ2) is 9.08. The van der Waals surface area contributed by atoms with Crippen molar-refractivity contribution in [2.45, 2.75) is 38.3 Å². The van der Waals surface area contributed by atoms with Crippen LogP contribution in [-0.4, -0.2) is 55.0 Å². The van der Waals surface area contributed by atoms with E-state index >= 15 is 0 Å². The van der Waals surface area contributed by atoms with Crippen molar-refractivity contribution in [3.63, 3.8) is 0 Å². The molecule has 2 heterocycles. The highest BCUT2D eigenvalue weighted by molar-refractivity contribution is 7.12. The average Bonchev–Trinajstić information content (AvgIpc) is 3.48. The molecule has 2 aromatic rings. The molecule has 2 amide bonds. The highest BCUT2D eigenvalue weighted by Crippen LogP contribution is 2.34. The van der Waals surface area contributed by atoms with Gasteiger partial charge in [-0.25, -0.2) is 0 Å². The number of piperidine rings is 1. The van der Waals surface area contributed by atoms with Gasteiger partial charge in [0.05, 0.1) is 25.0 Å². The summed E-state index contributed by atoms with van der Waals surface area (Å²) in [5.41, 5.74) is 0.944. The van der Waals surface area contributed by atoms with E-state index in [4.69, 9.17) is 9.47 Å². The van der Waals surface area contributed by atoms with Gasteiger partial charge in [-0.3, -0.25) is 9.59 Å². The standard InChI is InChI=1S/C23H28N2O4S/c1-28-19-9-10-20(29-2)17(13-19)15-25(18-7-8-18)22(26)16-5-3-11-24(14-16)23(27)21-6-4-12-30-21/h4,6,9-10,12-13,16,18H,3,5,7-8,11,14-15H2,1-2H3. The Hall–Kier alpha value is -2.54. The summed E-state index contributed by atoms with van der Waals surface area (Å²) >= 11 is 1.45. The van der Waals surface area contributed by atoms with E-state index in [9.17, 15) is 9.59 Å². The second-order valence-electron chi connectivity index (χ2n) is 7.94. The van der Waals surface area contributed by atoms with Gasteiger partial charge < -0.3 is 19.3 Å². The van der Waals surface area contributed by atoms with Gasteiger partial charge in [0.25, 0.3) is 5.91 Å². The number of rotatable bonds is 7. The first-order valence-corrected chi connectivity index (χ1v) is 11.3. The number of amides is 2. The Morgan fingerprint density at radius 3 is 2.67 bits per heavy atom. The number of thiophene rings is 1. The highest BCUT2D eigenvalue weighted by Gasteiger charge is 2.38. The molecule has 7 heteroatoms. The number of nitrogens with zero attached hydrogens (tertiary/aromatic N) is 2. The number of hydrogen-bond donors (Lipinski definition) is 0. The molecule has 1 atom stereocenters. The minimum absolute atomic E-state index is 0.0370. The van der Waals surface area contributed by atoms with Crippen molar-refractivity contribution in [3.8, 4) is 11.5 Å². The molecule has 1 saturated carbocycles. The number of carbonyl (C=O) groups excluding carboxylic acids is 2. The Morgan fingerprint density at radius 1 is 1.17 bits per heavy atom. The summed E-state index contributed by atoms with van der Waals surface area (Å²) in [5, 5.41) is 1.91. The summed E-state index contributed by atoms with van der Waals surface area (Å²) in [5.74, 6) is 1.53. The molecule has 1 saturated heterocycles. The molecular weight excluding hydrogens is 400 g/mol. The van der Waals surface area contributed by atoms with Gasteiger partial charge in [-0.1, -0.05) is 6.07 Å². The molecule has 2 aliphatic rings. The zero-order chi connectivity index (χ0) is 21.1. The van der Waals surface area contributed by atoms with Gasteiger partial charge in [0.15, 0.2) is 0 Å². The van der Waals surface area contributed by atoms with Crippen molar-refractivity contribution < 1.29 is 19.1 Å². The maximum absolute atomic E-state index is 13.5. The van der Waals surface area contributed by atoms with Crippen LogP contribution in [0.2, 0.25) is 0 Å². The molecule has 160 valence electrons. The van der Waals surface area contributed by atoms with E-state index in [1.54, 1.807) is 14.2 Å². The van der Waals surface area contributed by atoms with Crippen molar-refractivity contribution >= 4 is 23.2 Å². The predicted molar refractivity (Wildman–Crippen MR) is 116 cm³/mol. The molecule has 0 spiro atoms. The fraction of sp³-hybridized carbons (Fsp3) is 0.478. The lowest BCUT2D eigenvalue weighted by Crippen LogP contribution is -2.47. The first-order chi connectivity index (χ1) is 14.6. The molecule has 1 unspecified atom stereocenters. The monoisotopic (exact) mass is 428 g/mol. The Morgan fingerprint density at radius 2 is 2.00 bits per heavy atom. The van der Waals surface area contributed by atoms with Crippen LogP contribution in [-0.2, 0) is 11.3 Å². The van der Waals surface area contributed by atoms with Crippen LogP contribution in [0.1, 0.15) is 40.9 Å². The van der Waals surface area contributed by atoms with E-state index in [2.05, 4.69) is 0 Å². The van der Waals surface area contributed by atoms with Crippen LogP contribution in [0, 0.1) is 5.92 Å². The zero-order valence-corrected chi connectivity index (χ0v) is 18.3. The molecule has 4 rings (SSSR count). The normalized spacial score (nSPS) is 18.7. The minimum atomic E-state index is -0.153. The van der Waals surface area contributed by atoms with E-state index in [0.717, 1.165) is 47.6 Å². The largest absolute Gasteiger partial charge is 0.497 e. The van der Waals surface area contributed by atoms with E-state index in [1.807, 2.05) is 45.5 Å². The first kappa shape index (κ1) is 20.7. The van der Waals surface area contributed by atoms with Crippen molar-refractivity contribution in [1.29, 1.82) is 0 Å². The third kappa shape index (κ3) is 4.46. The SMILES string of the molecule is COc1ccc(OC)c(CN(C(=O)C2CCCN(C(=O)c3cccs3)C2)C2CC2)c1. The second-order valence-corrected chi connectivity index (χ2v) is 8.89. The van der Waals surface area contributed by atoms with E-state index in [0.29, 0.717) is 19.6 Å². The maximum Gasteiger partial charge on any atom is 0.263 e. The van der Waals surface area contributed by atoms with Gasteiger partial charge >= 0.3 is 0 Å². The van der Waals surface area contributed by atoms with Crippen LogP contribution in [0.25, 0.3) is 0 Å². The smallest absolute Gasteiger partial charge is 0.263 e. The van der Waals surface area contributed by atoms with E-state index in [1.165, 1.54) is 11.3 Å². The lowest BCUT2D eigenvalue weighted by molar-refractivity contribution is -0.138. The molecule has 1 aromatic carbocycles. The number of ether oxygens (including phenoxy) is 2. The van der Waals surface area contributed by atoms with Gasteiger partial charge in [-0.05, 0) is 55.3 Å². The number of benzene rings is 1. The number of carbonyl (C=O) groups is 2. The molecule has 30 heavy (non-hydrogen) atoms. The first-order valence-electron chi connectivity index (χ1n) is 10.4. The summed E-state index contributed by atoms with van der Waals surface area (Å²) in [6, 6.07) is 9.70. The summed E-state index contributed by atoms with van der Waals surface area (Å²) < 4.78 is 10.9. The maximum atomic E-state index is 13.5. The Bertz CT molecular complexity index is 895. The van der Waals surface area contributed by atoms with E-state index in [-0.39, 0.29) is 23.8 Å². The van der Waals surface area contributed by atoms with Gasteiger partial charge in [0, 0.05) is 31.2 Å². The number of methoxy groups -OCH3 is 2. The number of hydrogen-bond acceptors (Lipinski definition) is 5. The van der Waals surface area contributed by atoms with Crippen molar-refractivity contribution in [2.75, 3.05) is 27.3 Å². The fourth-order valence-electron chi connectivity index (χ4n) is 4.12. The van der Waals surface area contributed by atoms with Crippen molar-refractivity contribution in [2.24, 2.45) is 5.92 Å². The quantitative estimate of drug-likeness (QED) is 0.673. The molecule has 1 aliphatic heterocycles. The lowest BCUT2D eigenvalue weighted by atomic mass is 9.95. The molecule has 6 nitrogen and oxygen atoms in total. The van der Waals surface area contributed by atoms with Crippen LogP contribution < -0.4 is 9.47 Å². The third-order valence-electron chi connectivity index (χ3n) is 5.89. The molecular formula is C23H28N2O4S. The Labute approximate surface area is 181 Å². The summed E-state index contributed by atoms with van der Waals surface area (Å²) in [6.07, 6.45) is 3.74. The Balaban J connectivity index is 1.49. The average molecular weight is 429 g/mol. The molecule has 1 aromatic heterocycles. The molecule has 0 N–H and O–H groups in total. The zero-order valence-electron chi connectivity index (χ0n) is 17.5. The summed E-state index contributed by atoms with van der Waals surface area (Å²) in [4.78, 5) is 30.9. The summed E-state index contributed by atoms with van der Waals surface area (Å²) in [6.45, 7) is 1.71. The molecule has 2 fully saturated rings. The van der Waals surface area contributed by atoms with Crippen LogP contribution in [0.4, 0.5) is 0 Å². The van der Waals surface area contributed by atoms with Crippen molar-refractivity contribution in [3.05, 3.63) is 46.2 Å².